The predicted octanol–water partition coefficient (Wildman–Crippen LogP) is 19.6. The zero-order chi connectivity index (χ0) is 106. The van der Waals surface area contributed by atoms with Crippen molar-refractivity contribution in [2.45, 2.75) is 159 Å². The van der Waals surface area contributed by atoms with Gasteiger partial charge in [0, 0.05) is 73.3 Å². The summed E-state index contributed by atoms with van der Waals surface area (Å²) < 4.78 is 198. The number of rotatable bonds is 28. The van der Waals surface area contributed by atoms with Gasteiger partial charge in [-0.2, -0.15) is 20.4 Å². The molecule has 0 bridgehead atoms. The number of alkyl halides is 11. The third-order valence-corrected chi connectivity index (χ3v) is 25.7. The maximum absolute atomic E-state index is 14.3. The Balaban J connectivity index is 0.000000129. The third kappa shape index (κ3) is 24.1. The molecule has 7 N–H and O–H groups in total. The number of pyridine rings is 4. The molecule has 6 fully saturated rings. The summed E-state index contributed by atoms with van der Waals surface area (Å²) in [5.41, 5.74) is 18.9. The van der Waals surface area contributed by atoms with E-state index in [1.165, 1.54) is 41.1 Å². The molecule has 3 saturated carbocycles. The average molecular weight is 2150 g/mol. The first-order valence-electron chi connectivity index (χ1n) is 47.4. The highest BCUT2D eigenvalue weighted by molar-refractivity contribution is 6.37. The van der Waals surface area contributed by atoms with Gasteiger partial charge in [0.15, 0.2) is 80.7 Å². The molecule has 4 aromatic carbocycles. The summed E-state index contributed by atoms with van der Waals surface area (Å²) in [5, 5.41) is 27.4. The number of hydrogen-bond acceptors (Lipinski definition) is 30. The first-order chi connectivity index (χ1) is 72.1. The molecule has 3 aliphatic carbocycles. The second-order valence-electron chi connectivity index (χ2n) is 35.7. The van der Waals surface area contributed by atoms with Gasteiger partial charge in [-0.3, -0.25) is 51.8 Å². The predicted molar refractivity (Wildman–Crippen MR) is 532 cm³/mol. The number of nitrogens with one attached hydrogen (secondary N) is 3. The van der Waals surface area contributed by atoms with Gasteiger partial charge in [0.1, 0.15) is 107 Å². The van der Waals surface area contributed by atoms with E-state index in [1.54, 1.807) is 139 Å². The molecule has 790 valence electrons. The van der Waals surface area contributed by atoms with Crippen molar-refractivity contribution in [1.82, 2.24) is 108 Å². The van der Waals surface area contributed by atoms with Crippen LogP contribution in [0.4, 0.5) is 93.8 Å². The minimum Gasteiger partial charge on any atom is -0.494 e. The molecule has 52 heteroatoms. The van der Waals surface area contributed by atoms with Gasteiger partial charge in [-0.1, -0.05) is 59.1 Å². The average Bonchev–Trinajstić information content (AvgIpc) is 1.61. The number of nitrogens with zero attached hydrogens (tertiary/aromatic N) is 23. The number of hydrogen-bond donors (Lipinski definition) is 5. The van der Waals surface area contributed by atoms with E-state index in [4.69, 9.17) is 79.4 Å². The summed E-state index contributed by atoms with van der Waals surface area (Å²) in [7, 11) is 13.2. The van der Waals surface area contributed by atoms with Crippen LogP contribution in [-0.4, -0.2) is 204 Å². The Labute approximate surface area is 862 Å². The first-order valence-corrected chi connectivity index (χ1v) is 48.6. The highest BCUT2D eigenvalue weighted by Gasteiger charge is 2.46. The lowest BCUT2D eigenvalue weighted by atomic mass is 10.1. The number of amides is 1. The number of ether oxygens (including phenoxy) is 7. The summed E-state index contributed by atoms with van der Waals surface area (Å²) in [6.45, 7) is 1.45. The number of aryl methyl sites for hydroxylation is 4. The van der Waals surface area contributed by atoms with Crippen molar-refractivity contribution in [2.24, 2.45) is 56.7 Å². The molecular weight excluding hydrogens is 2040 g/mol. The van der Waals surface area contributed by atoms with Crippen LogP contribution in [-0.2, 0) is 76.0 Å². The minimum atomic E-state index is -2.88. The van der Waals surface area contributed by atoms with Gasteiger partial charge < -0.3 is 60.6 Å². The largest absolute Gasteiger partial charge is 0.494 e. The van der Waals surface area contributed by atoms with Gasteiger partial charge in [-0.25, -0.2) is 103 Å². The number of methoxy groups -OCH3 is 4. The molecule has 150 heavy (non-hydrogen) atoms. The van der Waals surface area contributed by atoms with Crippen LogP contribution in [0.5, 0.6) is 23.0 Å². The van der Waals surface area contributed by atoms with E-state index < -0.39 is 98.2 Å². The maximum atomic E-state index is 14.3. The summed E-state index contributed by atoms with van der Waals surface area (Å²) in [6.07, 6.45) is -2.32. The molecule has 4 aliphatic heterocycles. The lowest BCUT2D eigenvalue weighted by molar-refractivity contribution is -0.120. The number of nitrogens with two attached hydrogens (primary N) is 2. The molecule has 11 aromatic heterocycles. The maximum Gasteiger partial charge on any atom is 0.295 e. The number of imidazole rings is 3. The number of halogens is 14. The van der Waals surface area contributed by atoms with Crippen molar-refractivity contribution in [3.63, 3.8) is 0 Å². The summed E-state index contributed by atoms with van der Waals surface area (Å²) >= 11 is 18.2. The van der Waals surface area contributed by atoms with E-state index in [0.717, 1.165) is 44.1 Å². The Morgan fingerprint density at radius 2 is 0.773 bits per heavy atom. The Bertz CT molecular complexity index is 7480. The van der Waals surface area contributed by atoms with Crippen LogP contribution in [0, 0.1) is 17.8 Å². The number of anilines is 7. The van der Waals surface area contributed by atoms with E-state index in [-0.39, 0.29) is 110 Å². The number of carbonyl (C=O) groups excluding carboxylic acids is 3. The molecule has 38 nitrogen and oxygen atoms in total. The number of aliphatic imine (C=N–C) groups is 1. The normalized spacial score (nSPS) is 18.9. The number of para-hydroxylation sites is 4. The molecular formula is C98H100Cl3F11N28O10. The molecule has 15 aromatic rings. The van der Waals surface area contributed by atoms with E-state index in [0.29, 0.717) is 165 Å². The van der Waals surface area contributed by atoms with Crippen molar-refractivity contribution in [2.75, 3.05) is 69.9 Å². The van der Waals surface area contributed by atoms with Gasteiger partial charge in [0.2, 0.25) is 5.91 Å². The Hall–Kier alpha value is -14.7. The van der Waals surface area contributed by atoms with Crippen LogP contribution in [0.15, 0.2) is 127 Å². The Morgan fingerprint density at radius 3 is 1.12 bits per heavy atom. The van der Waals surface area contributed by atoms with Gasteiger partial charge in [-0.05, 0) is 144 Å². The molecule has 5 unspecified atom stereocenters. The zero-order valence-electron chi connectivity index (χ0n) is 81.6. The Kier molecular flexibility index (Phi) is 33.1. The van der Waals surface area contributed by atoms with E-state index in [2.05, 4.69) is 96.2 Å². The lowest BCUT2D eigenvalue weighted by Gasteiger charge is -2.25. The van der Waals surface area contributed by atoms with Gasteiger partial charge >= 0.3 is 0 Å². The van der Waals surface area contributed by atoms with E-state index >= 15 is 0 Å². The van der Waals surface area contributed by atoms with Gasteiger partial charge in [-0.15, -0.1) is 0 Å². The number of aromatic nitrogens is 22. The van der Waals surface area contributed by atoms with Crippen molar-refractivity contribution < 1.29 is 95.8 Å². The smallest absolute Gasteiger partial charge is 0.295 e. The third-order valence-electron chi connectivity index (χ3n) is 25.0. The topological polar surface area (TPSA) is 444 Å². The number of carbonyl (C=O) groups is 3. The zero-order valence-corrected chi connectivity index (χ0v) is 83.9. The van der Waals surface area contributed by atoms with Crippen molar-refractivity contribution in [3.05, 3.63) is 172 Å². The quantitative estimate of drug-likeness (QED) is 0.0173. The van der Waals surface area contributed by atoms with Crippen LogP contribution >= 0.6 is 34.8 Å². The van der Waals surface area contributed by atoms with Crippen LogP contribution in [0.25, 0.3) is 79.0 Å². The number of nitrogen functional groups attached to an aromatic ring is 1. The van der Waals surface area contributed by atoms with Crippen molar-refractivity contribution >= 4 is 137 Å². The second-order valence-corrected chi connectivity index (χ2v) is 36.9. The Morgan fingerprint density at radius 1 is 0.427 bits per heavy atom. The molecule has 15 heterocycles. The van der Waals surface area contributed by atoms with Crippen molar-refractivity contribution in [3.8, 4) is 68.5 Å². The first kappa shape index (κ1) is 107. The number of primary amides is 1. The number of Topliss-reactive ketones (excluding diaryl/α,β-unsaturated/α-hetero) is 2. The number of benzene rings is 4. The lowest BCUT2D eigenvalue weighted by Crippen LogP contribution is -2.21. The summed E-state index contributed by atoms with van der Waals surface area (Å²) in [5.74, 6) is -0.0366. The number of ketones is 2. The standard InChI is InChI=1S/C27H28F3N7O3.C23H21F3N6O2.C22H22ClF2N7O2.C12H11Cl2F2N3O.C10H12N4O.C4H6FNO/c1-36-13-31-25(35-36)15-6-5-7-18(23(15)39-2)33-19-10-14(11-20(38)16-12-17(16)28)32-26-22(19)34-27(24(29)30)37(26)21-8-3-4-9-40-21;1-32-10-27-23(31-32)12-4-3-5-15(21(12)34-2)29-16-6-11(7-19(33)13-8-14(13)24)28-17-9-18(22(25)26)30-20(16)17;1-31-11-26-20(30-31)12-6-5-7-13(18(12)33-2)27-14-10-15(23)28-21-17(14)29-22(19(24)25)32(21)16-8-3-4-9-34-16;13-6-5-7(14)17-11-9(6)18-12(10(15)16)19(11)8-3-1-2-4-20-8;1-14-6-12-10(13-14)7-4-3-5-8(11)9(7)15-2;5-3-1-2(3)4(6)7/h5-7,10,13,16-17,21,24H,3-4,8-9,11-12H2,1-2H3,(H,32,33);3-6,10,13-14,22H,7-9H2,1-2H3,(H,28,29);5-7,10-11,16,19H,3-4,8-9H2,1-2H3,(H,27,28);5,8,10H,1-4H2;3-6H,11H2,1-2H3;2-3H,1H2,(H2,6,7)/t16?,17-,21?;13?,14-;;;;2-,3+/m00...1/s1. The molecule has 9 atom stereocenters. The highest BCUT2D eigenvalue weighted by Crippen LogP contribution is 2.48. The molecule has 22 rings (SSSR count). The molecule has 1 amide bonds. The van der Waals surface area contributed by atoms with Crippen LogP contribution < -0.4 is 46.4 Å². The summed E-state index contributed by atoms with van der Waals surface area (Å²) in [4.78, 5) is 85.9. The second kappa shape index (κ2) is 46.6. The van der Waals surface area contributed by atoms with Crippen LogP contribution in [0.3, 0.4) is 0 Å². The number of fused-ring (bicyclic) bond motifs is 4. The van der Waals surface area contributed by atoms with E-state index in [1.807, 2.05) is 31.3 Å². The fourth-order valence-corrected chi connectivity index (χ4v) is 18.2. The monoisotopic (exact) mass is 2140 g/mol. The molecule has 0 spiro atoms. The summed E-state index contributed by atoms with van der Waals surface area (Å²) in [6, 6.07) is 27.8. The van der Waals surface area contributed by atoms with Crippen molar-refractivity contribution in [1.29, 1.82) is 0 Å². The minimum absolute atomic E-state index is 0.0773. The fourth-order valence-electron chi connectivity index (χ4n) is 17.5. The highest BCUT2D eigenvalue weighted by atomic mass is 35.5. The van der Waals surface area contributed by atoms with Crippen LogP contribution in [0.1, 0.15) is 150 Å². The van der Waals surface area contributed by atoms with Gasteiger partial charge in [0.25, 0.3) is 25.7 Å². The van der Waals surface area contributed by atoms with Crippen LogP contribution in [0.2, 0.25) is 15.3 Å². The van der Waals surface area contributed by atoms with Gasteiger partial charge in [0.05, 0.1) is 136 Å². The fraction of sp³-hybridized carbons (Fsp3) is 0.398. The van der Waals surface area contributed by atoms with E-state index in [9.17, 15) is 62.7 Å². The molecule has 7 aliphatic rings. The molecule has 3 saturated heterocycles. The molecule has 0 radical (unpaired) electrons. The SMILES string of the molecule is COc1c(N)cccc1-c1ncn(C)n1.COc1c(Nc2cc(CC(=O)C3C[C@@H]3F)nc3c2N=C(C(F)F)C3)cccc1-c1ncn(C)n1.COc1c(Nc2cc(CC(=O)C3C[C@@H]3F)nc3c2nc(C(F)F)n3C2CCCCO2)cccc1-c1ncn(C)n1.COc1c(Nc2cc(Cl)nc3c2nc(C(F)F)n3C2CCCCO2)cccc1-c1ncn(C)n1.FC(F)c1nc2c(Cl)cc(Cl)nc2n1C1CCCCO1.NC(=O)[C@@H]1C[C@@H]1F.